The average molecular weight is 406 g/mol. The number of imide groups is 1. The van der Waals surface area contributed by atoms with Crippen molar-refractivity contribution >= 4 is 23.4 Å². The SMILES string of the molecule is CC(=CCOC(=O)CN1CCC[C@H]1C(=O)NC(=O)c1ccccc1)c1ccccc1. The average Bonchev–Trinajstić information content (AvgIpc) is 3.23. The maximum atomic E-state index is 12.5. The van der Waals surface area contributed by atoms with Gasteiger partial charge in [-0.25, -0.2) is 0 Å². The number of carbonyl (C=O) groups is 3. The second kappa shape index (κ2) is 10.5. The summed E-state index contributed by atoms with van der Waals surface area (Å²) < 4.78 is 5.32. The van der Waals surface area contributed by atoms with E-state index < -0.39 is 11.9 Å². The molecule has 1 fully saturated rings. The number of rotatable bonds is 7. The Hall–Kier alpha value is -3.25. The molecule has 1 aliphatic heterocycles. The predicted molar refractivity (Wildman–Crippen MR) is 115 cm³/mol. The largest absolute Gasteiger partial charge is 0.460 e. The fourth-order valence-corrected chi connectivity index (χ4v) is 3.46. The van der Waals surface area contributed by atoms with Crippen LogP contribution in [0.15, 0.2) is 66.7 Å². The Kier molecular flexibility index (Phi) is 7.51. The van der Waals surface area contributed by atoms with Gasteiger partial charge in [-0.3, -0.25) is 24.6 Å². The van der Waals surface area contributed by atoms with E-state index in [2.05, 4.69) is 5.32 Å². The van der Waals surface area contributed by atoms with E-state index in [1.807, 2.05) is 43.3 Å². The Balaban J connectivity index is 1.48. The van der Waals surface area contributed by atoms with Crippen LogP contribution in [0.25, 0.3) is 5.57 Å². The van der Waals surface area contributed by atoms with Gasteiger partial charge in [-0.15, -0.1) is 0 Å². The molecule has 0 bridgehead atoms. The second-order valence-electron chi connectivity index (χ2n) is 7.25. The zero-order valence-electron chi connectivity index (χ0n) is 17.0. The molecule has 1 atom stereocenters. The fourth-order valence-electron chi connectivity index (χ4n) is 3.46. The van der Waals surface area contributed by atoms with Gasteiger partial charge in [-0.2, -0.15) is 0 Å². The van der Waals surface area contributed by atoms with E-state index in [1.165, 1.54) is 0 Å². The number of ether oxygens (including phenoxy) is 1. The van der Waals surface area contributed by atoms with Crippen LogP contribution in [0.2, 0.25) is 0 Å². The number of nitrogens with one attached hydrogen (secondary N) is 1. The van der Waals surface area contributed by atoms with E-state index in [0.29, 0.717) is 18.5 Å². The van der Waals surface area contributed by atoms with Crippen molar-refractivity contribution in [3.05, 3.63) is 77.9 Å². The molecule has 2 aromatic carbocycles. The van der Waals surface area contributed by atoms with E-state index in [4.69, 9.17) is 4.74 Å². The van der Waals surface area contributed by atoms with Gasteiger partial charge in [0.25, 0.3) is 5.91 Å². The van der Waals surface area contributed by atoms with E-state index in [-0.39, 0.29) is 25.0 Å². The molecular formula is C24H26N2O4. The minimum atomic E-state index is -0.508. The van der Waals surface area contributed by atoms with Gasteiger partial charge in [0.1, 0.15) is 6.61 Å². The Morgan fingerprint density at radius 1 is 1.03 bits per heavy atom. The number of nitrogens with zero attached hydrogens (tertiary/aromatic N) is 1. The monoisotopic (exact) mass is 406 g/mol. The normalized spacial score (nSPS) is 16.8. The van der Waals surface area contributed by atoms with Crippen molar-refractivity contribution in [1.29, 1.82) is 0 Å². The molecule has 156 valence electrons. The molecule has 6 nitrogen and oxygen atoms in total. The van der Waals surface area contributed by atoms with Crippen LogP contribution >= 0.6 is 0 Å². The Labute approximate surface area is 176 Å². The molecule has 1 saturated heterocycles. The Morgan fingerprint density at radius 3 is 2.33 bits per heavy atom. The second-order valence-corrected chi connectivity index (χ2v) is 7.25. The summed E-state index contributed by atoms with van der Waals surface area (Å²) in [7, 11) is 0. The van der Waals surface area contributed by atoms with Gasteiger partial charge >= 0.3 is 5.97 Å². The third kappa shape index (κ3) is 5.87. The van der Waals surface area contributed by atoms with Crippen LogP contribution in [0.4, 0.5) is 0 Å². The van der Waals surface area contributed by atoms with Gasteiger partial charge in [0, 0.05) is 5.56 Å². The van der Waals surface area contributed by atoms with Crippen LogP contribution < -0.4 is 5.32 Å². The van der Waals surface area contributed by atoms with Crippen LogP contribution in [-0.4, -0.2) is 48.4 Å². The summed E-state index contributed by atoms with van der Waals surface area (Å²) in [6.45, 7) is 2.78. The molecule has 2 amide bonds. The first-order valence-corrected chi connectivity index (χ1v) is 10.1. The van der Waals surface area contributed by atoms with Crippen molar-refractivity contribution in [1.82, 2.24) is 10.2 Å². The van der Waals surface area contributed by atoms with Crippen molar-refractivity contribution in [2.75, 3.05) is 19.7 Å². The molecule has 1 N–H and O–H groups in total. The smallest absolute Gasteiger partial charge is 0.320 e. The molecular weight excluding hydrogens is 380 g/mol. The summed E-state index contributed by atoms with van der Waals surface area (Å²) in [5, 5.41) is 2.44. The van der Waals surface area contributed by atoms with Gasteiger partial charge in [0.15, 0.2) is 0 Å². The highest BCUT2D eigenvalue weighted by Crippen LogP contribution is 2.17. The van der Waals surface area contributed by atoms with E-state index >= 15 is 0 Å². The maximum Gasteiger partial charge on any atom is 0.320 e. The van der Waals surface area contributed by atoms with E-state index in [0.717, 1.165) is 17.6 Å². The van der Waals surface area contributed by atoms with Crippen LogP contribution in [0.1, 0.15) is 35.7 Å². The number of carbonyl (C=O) groups excluding carboxylic acids is 3. The first kappa shape index (κ1) is 21.5. The molecule has 0 unspecified atom stereocenters. The molecule has 0 radical (unpaired) electrons. The standard InChI is InChI=1S/C24H26N2O4/c1-18(19-9-4-2-5-10-19)14-16-30-22(27)17-26-15-8-13-21(26)24(29)25-23(28)20-11-6-3-7-12-20/h2-7,9-12,14,21H,8,13,15-17H2,1H3,(H,25,28,29)/t21-/m0/s1. The minimum absolute atomic E-state index is 0.0236. The molecule has 0 spiro atoms. The van der Waals surface area contributed by atoms with Gasteiger partial charge in [-0.1, -0.05) is 48.5 Å². The first-order chi connectivity index (χ1) is 14.5. The summed E-state index contributed by atoms with van der Waals surface area (Å²) >= 11 is 0. The number of esters is 1. The molecule has 0 aromatic heterocycles. The molecule has 6 heteroatoms. The predicted octanol–water partition coefficient (Wildman–Crippen LogP) is 3.05. The molecule has 1 aliphatic rings. The summed E-state index contributed by atoms with van der Waals surface area (Å²) in [6.07, 6.45) is 3.26. The van der Waals surface area contributed by atoms with Gasteiger partial charge < -0.3 is 4.74 Å². The first-order valence-electron chi connectivity index (χ1n) is 10.1. The summed E-state index contributed by atoms with van der Waals surface area (Å²) in [6, 6.07) is 17.9. The summed E-state index contributed by atoms with van der Waals surface area (Å²) in [5.41, 5.74) is 2.53. The van der Waals surface area contributed by atoms with Gasteiger partial charge in [0.05, 0.1) is 12.6 Å². The topological polar surface area (TPSA) is 75.7 Å². The van der Waals surface area contributed by atoms with Crippen molar-refractivity contribution in [2.45, 2.75) is 25.8 Å². The highest BCUT2D eigenvalue weighted by atomic mass is 16.5. The van der Waals surface area contributed by atoms with E-state index in [1.54, 1.807) is 35.2 Å². The third-order valence-electron chi connectivity index (χ3n) is 5.13. The highest BCUT2D eigenvalue weighted by molar-refractivity contribution is 6.06. The Bertz CT molecular complexity index is 909. The number of likely N-dealkylation sites (tertiary alicyclic amines) is 1. The van der Waals surface area contributed by atoms with Crippen LogP contribution in [0, 0.1) is 0 Å². The highest BCUT2D eigenvalue weighted by Gasteiger charge is 2.33. The number of amides is 2. The summed E-state index contributed by atoms with van der Waals surface area (Å²) in [4.78, 5) is 38.8. The van der Waals surface area contributed by atoms with Crippen molar-refractivity contribution in [3.63, 3.8) is 0 Å². The number of allylic oxidation sites excluding steroid dienone is 1. The number of hydrogen-bond donors (Lipinski definition) is 1. The molecule has 30 heavy (non-hydrogen) atoms. The van der Waals surface area contributed by atoms with Gasteiger partial charge in [-0.05, 0) is 55.7 Å². The van der Waals surface area contributed by atoms with Crippen molar-refractivity contribution < 1.29 is 19.1 Å². The molecule has 3 rings (SSSR count). The third-order valence-corrected chi connectivity index (χ3v) is 5.13. The van der Waals surface area contributed by atoms with Crippen LogP contribution in [0.3, 0.4) is 0 Å². The molecule has 1 heterocycles. The zero-order chi connectivity index (χ0) is 21.3. The lowest BCUT2D eigenvalue weighted by molar-refractivity contribution is -0.144. The molecule has 2 aromatic rings. The zero-order valence-corrected chi connectivity index (χ0v) is 17.0. The van der Waals surface area contributed by atoms with Crippen molar-refractivity contribution in [3.8, 4) is 0 Å². The lowest BCUT2D eigenvalue weighted by Gasteiger charge is -2.22. The van der Waals surface area contributed by atoms with Crippen molar-refractivity contribution in [2.24, 2.45) is 0 Å². The van der Waals surface area contributed by atoms with Crippen LogP contribution in [-0.2, 0) is 14.3 Å². The molecule has 0 saturated carbocycles. The summed E-state index contributed by atoms with van der Waals surface area (Å²) in [5.74, 6) is -1.20. The number of hydrogen-bond acceptors (Lipinski definition) is 5. The molecule has 0 aliphatic carbocycles. The maximum absolute atomic E-state index is 12.5. The fraction of sp³-hybridized carbons (Fsp3) is 0.292. The number of benzene rings is 2. The quantitative estimate of drug-likeness (QED) is 0.565. The Morgan fingerprint density at radius 2 is 1.67 bits per heavy atom. The minimum Gasteiger partial charge on any atom is -0.460 e. The lowest BCUT2D eigenvalue weighted by atomic mass is 10.1. The van der Waals surface area contributed by atoms with E-state index in [9.17, 15) is 14.4 Å². The lowest BCUT2D eigenvalue weighted by Crippen LogP contribution is -2.47. The van der Waals surface area contributed by atoms with Crippen LogP contribution in [0.5, 0.6) is 0 Å². The van der Waals surface area contributed by atoms with Gasteiger partial charge in [0.2, 0.25) is 5.91 Å².